The molecule has 0 amide bonds. The summed E-state index contributed by atoms with van der Waals surface area (Å²) in [6.07, 6.45) is 0.615. The Morgan fingerprint density at radius 1 is 1.31 bits per heavy atom. The van der Waals surface area contributed by atoms with E-state index in [1.54, 1.807) is 0 Å². The first kappa shape index (κ1) is 8.28. The van der Waals surface area contributed by atoms with E-state index in [9.17, 15) is 0 Å². The van der Waals surface area contributed by atoms with Crippen LogP contribution in [0.2, 0.25) is 0 Å². The molecule has 0 aliphatic carbocycles. The molecule has 2 heteroatoms. The van der Waals surface area contributed by atoms with Gasteiger partial charge in [0.05, 0.1) is 6.07 Å². The van der Waals surface area contributed by atoms with Crippen LogP contribution in [0.5, 0.6) is 0 Å². The van der Waals surface area contributed by atoms with Crippen LogP contribution in [0.25, 0.3) is 0 Å². The summed E-state index contributed by atoms with van der Waals surface area (Å²) in [7, 11) is 0. The fourth-order valence-corrected chi connectivity index (χ4v) is 1.80. The second kappa shape index (κ2) is 3.20. The number of hydrogen-bond donors (Lipinski definition) is 1. The van der Waals surface area contributed by atoms with Crippen LogP contribution in [0.15, 0.2) is 30.3 Å². The van der Waals surface area contributed by atoms with Crippen LogP contribution in [-0.4, -0.2) is 13.1 Å². The molecule has 0 radical (unpaired) electrons. The van der Waals surface area contributed by atoms with Crippen molar-refractivity contribution in [3.63, 3.8) is 0 Å². The second-order valence-corrected chi connectivity index (χ2v) is 3.58. The number of hydrogen-bond acceptors (Lipinski definition) is 2. The summed E-state index contributed by atoms with van der Waals surface area (Å²) in [4.78, 5) is 0. The van der Waals surface area contributed by atoms with Crippen molar-refractivity contribution in [2.45, 2.75) is 11.8 Å². The van der Waals surface area contributed by atoms with Crippen molar-refractivity contribution < 1.29 is 0 Å². The molecule has 1 aromatic carbocycles. The highest BCUT2D eigenvalue weighted by atomic mass is 15.0. The number of rotatable bonds is 2. The molecule has 0 spiro atoms. The summed E-state index contributed by atoms with van der Waals surface area (Å²) >= 11 is 0. The first-order chi connectivity index (χ1) is 6.37. The number of nitrogens with zero attached hydrogens (tertiary/aromatic N) is 1. The molecule has 1 aliphatic heterocycles. The van der Waals surface area contributed by atoms with Crippen molar-refractivity contribution in [2.75, 3.05) is 13.1 Å². The number of benzene rings is 1. The molecule has 13 heavy (non-hydrogen) atoms. The van der Waals surface area contributed by atoms with Gasteiger partial charge in [-0.3, -0.25) is 0 Å². The van der Waals surface area contributed by atoms with E-state index in [4.69, 9.17) is 5.26 Å². The first-order valence-corrected chi connectivity index (χ1v) is 4.51. The number of nitriles is 1. The minimum Gasteiger partial charge on any atom is -0.315 e. The van der Waals surface area contributed by atoms with Crippen molar-refractivity contribution in [2.24, 2.45) is 0 Å². The van der Waals surface area contributed by atoms with Gasteiger partial charge in [0.1, 0.15) is 0 Å². The zero-order valence-electron chi connectivity index (χ0n) is 7.46. The maximum absolute atomic E-state index is 8.75. The molecule has 0 bridgehead atoms. The lowest BCUT2D eigenvalue weighted by Crippen LogP contribution is -2.56. The Morgan fingerprint density at radius 3 is 2.46 bits per heavy atom. The predicted molar refractivity (Wildman–Crippen MR) is 51.2 cm³/mol. The molecule has 0 saturated carbocycles. The third kappa shape index (κ3) is 1.32. The van der Waals surface area contributed by atoms with Crippen LogP contribution >= 0.6 is 0 Å². The van der Waals surface area contributed by atoms with Crippen LogP contribution in [0.4, 0.5) is 0 Å². The van der Waals surface area contributed by atoms with Gasteiger partial charge in [0.15, 0.2) is 0 Å². The van der Waals surface area contributed by atoms with Gasteiger partial charge in [0.2, 0.25) is 0 Å². The van der Waals surface area contributed by atoms with E-state index in [2.05, 4.69) is 23.5 Å². The van der Waals surface area contributed by atoms with Gasteiger partial charge in [0.25, 0.3) is 0 Å². The van der Waals surface area contributed by atoms with E-state index in [0.717, 1.165) is 13.1 Å². The van der Waals surface area contributed by atoms with Crippen molar-refractivity contribution in [3.8, 4) is 6.07 Å². The molecule has 1 fully saturated rings. The third-order valence-corrected chi connectivity index (χ3v) is 2.73. The molecule has 0 aromatic heterocycles. The lowest BCUT2D eigenvalue weighted by atomic mass is 9.73. The van der Waals surface area contributed by atoms with Crippen LogP contribution in [-0.2, 0) is 5.41 Å². The van der Waals surface area contributed by atoms with Gasteiger partial charge < -0.3 is 5.32 Å². The van der Waals surface area contributed by atoms with Gasteiger partial charge in [-0.25, -0.2) is 0 Å². The molecule has 0 atom stereocenters. The van der Waals surface area contributed by atoms with Crippen LogP contribution < -0.4 is 5.32 Å². The average Bonchev–Trinajstić information content (AvgIpc) is 2.13. The van der Waals surface area contributed by atoms with Crippen molar-refractivity contribution in [1.82, 2.24) is 5.32 Å². The molecule has 0 unspecified atom stereocenters. The molecule has 66 valence electrons. The smallest absolute Gasteiger partial charge is 0.0632 e. The summed E-state index contributed by atoms with van der Waals surface area (Å²) in [5.41, 5.74) is 1.38. The first-order valence-electron chi connectivity index (χ1n) is 4.51. The van der Waals surface area contributed by atoms with E-state index in [1.807, 2.05) is 18.2 Å². The Morgan fingerprint density at radius 2 is 2.00 bits per heavy atom. The zero-order valence-corrected chi connectivity index (χ0v) is 7.46. The standard InChI is InChI=1S/C11H12N2/c12-7-6-11(8-13-9-11)10-4-2-1-3-5-10/h1-5,13H,6,8-9H2. The fraction of sp³-hybridized carbons (Fsp3) is 0.364. The van der Waals surface area contributed by atoms with Gasteiger partial charge in [-0.2, -0.15) is 5.26 Å². The normalized spacial score (nSPS) is 18.7. The average molecular weight is 172 g/mol. The molecule has 2 rings (SSSR count). The van der Waals surface area contributed by atoms with Gasteiger partial charge in [-0.05, 0) is 5.56 Å². The topological polar surface area (TPSA) is 35.8 Å². The van der Waals surface area contributed by atoms with E-state index in [0.29, 0.717) is 6.42 Å². The molecular weight excluding hydrogens is 160 g/mol. The third-order valence-electron chi connectivity index (χ3n) is 2.73. The quantitative estimate of drug-likeness (QED) is 0.732. The zero-order chi connectivity index (χ0) is 9.15. The van der Waals surface area contributed by atoms with Crippen molar-refractivity contribution >= 4 is 0 Å². The Kier molecular flexibility index (Phi) is 2.03. The van der Waals surface area contributed by atoms with Gasteiger partial charge in [-0.1, -0.05) is 30.3 Å². The second-order valence-electron chi connectivity index (χ2n) is 3.58. The van der Waals surface area contributed by atoms with Crippen molar-refractivity contribution in [3.05, 3.63) is 35.9 Å². The highest BCUT2D eigenvalue weighted by Crippen LogP contribution is 2.31. The minimum absolute atomic E-state index is 0.0933. The number of nitrogens with one attached hydrogen (secondary N) is 1. The summed E-state index contributed by atoms with van der Waals surface area (Å²) in [6.45, 7) is 1.87. The Balaban J connectivity index is 2.28. The molecule has 2 nitrogen and oxygen atoms in total. The lowest BCUT2D eigenvalue weighted by Gasteiger charge is -2.41. The maximum atomic E-state index is 8.75. The lowest BCUT2D eigenvalue weighted by molar-refractivity contribution is 0.282. The van der Waals surface area contributed by atoms with Gasteiger partial charge in [0, 0.05) is 24.9 Å². The molecule has 1 aromatic rings. The summed E-state index contributed by atoms with van der Waals surface area (Å²) in [5.74, 6) is 0. The van der Waals surface area contributed by atoms with Crippen molar-refractivity contribution in [1.29, 1.82) is 5.26 Å². The van der Waals surface area contributed by atoms with E-state index in [-0.39, 0.29) is 5.41 Å². The summed E-state index contributed by atoms with van der Waals surface area (Å²) in [5, 5.41) is 12.0. The Hall–Kier alpha value is -1.33. The Labute approximate surface area is 78.2 Å². The monoisotopic (exact) mass is 172 g/mol. The molecule has 1 saturated heterocycles. The van der Waals surface area contributed by atoms with E-state index < -0.39 is 0 Å². The van der Waals surface area contributed by atoms with Gasteiger partial charge in [-0.15, -0.1) is 0 Å². The molecule has 1 aliphatic rings. The van der Waals surface area contributed by atoms with E-state index in [1.165, 1.54) is 5.56 Å². The SMILES string of the molecule is N#CCC1(c2ccccc2)CNC1. The predicted octanol–water partition coefficient (Wildman–Crippen LogP) is 1.44. The fourth-order valence-electron chi connectivity index (χ4n) is 1.80. The van der Waals surface area contributed by atoms with Crippen LogP contribution in [0, 0.1) is 11.3 Å². The van der Waals surface area contributed by atoms with Crippen LogP contribution in [0.1, 0.15) is 12.0 Å². The van der Waals surface area contributed by atoms with Gasteiger partial charge >= 0.3 is 0 Å². The summed E-state index contributed by atoms with van der Waals surface area (Å²) in [6, 6.07) is 12.6. The molecular formula is C11H12N2. The highest BCUT2D eigenvalue weighted by molar-refractivity contribution is 5.30. The Bertz CT molecular complexity index is 320. The summed E-state index contributed by atoms with van der Waals surface area (Å²) < 4.78 is 0. The largest absolute Gasteiger partial charge is 0.315 e. The van der Waals surface area contributed by atoms with E-state index >= 15 is 0 Å². The highest BCUT2D eigenvalue weighted by Gasteiger charge is 2.38. The van der Waals surface area contributed by atoms with Crippen LogP contribution in [0.3, 0.4) is 0 Å². The maximum Gasteiger partial charge on any atom is 0.0632 e. The minimum atomic E-state index is 0.0933. The molecule has 1 heterocycles. The molecule has 1 N–H and O–H groups in total.